The summed E-state index contributed by atoms with van der Waals surface area (Å²) in [5, 5.41) is 15.7. The Morgan fingerprint density at radius 3 is 1.40 bits per heavy atom. The molecule has 10 N–H and O–H groups in total. The Hall–Kier alpha value is 0.621. The third kappa shape index (κ3) is 25.3. The van der Waals surface area contributed by atoms with Gasteiger partial charge in [-0.25, -0.2) is 29.0 Å². The zero-order chi connectivity index (χ0) is 34.5. The van der Waals surface area contributed by atoms with Crippen LogP contribution in [0.4, 0.5) is 0 Å². The van der Waals surface area contributed by atoms with Crippen LogP contribution >= 0.6 is 23.2 Å². The number of nitrogens with one attached hydrogen (secondary N) is 3. The summed E-state index contributed by atoms with van der Waals surface area (Å²) in [6.07, 6.45) is 0.650. The number of aliphatic hydroxyl groups excluding tert-OH is 1. The first-order chi connectivity index (χ1) is 20.9. The molecule has 0 bridgehead atoms. The van der Waals surface area contributed by atoms with E-state index < -0.39 is 63.7 Å². The van der Waals surface area contributed by atoms with Crippen molar-refractivity contribution >= 4 is 50.1 Å². The third-order valence-electron chi connectivity index (χ3n) is 5.35. The van der Waals surface area contributed by atoms with E-state index in [1.54, 1.807) is 20.8 Å². The fourth-order valence-corrected chi connectivity index (χ4v) is 11.1. The summed E-state index contributed by atoms with van der Waals surface area (Å²) in [6.45, 7) is 3.86. The van der Waals surface area contributed by atoms with Crippen molar-refractivity contribution in [1.82, 2.24) is 15.3 Å². The molecule has 0 saturated carbocycles. The van der Waals surface area contributed by atoms with Gasteiger partial charge in [0.1, 0.15) is 20.4 Å². The van der Waals surface area contributed by atoms with Crippen LogP contribution in [0.25, 0.3) is 0 Å². The summed E-state index contributed by atoms with van der Waals surface area (Å²) in [5.74, 6) is 0. The van der Waals surface area contributed by atoms with Crippen LogP contribution in [0.5, 0.6) is 0 Å². The molecule has 0 amide bonds. The van der Waals surface area contributed by atoms with E-state index in [0.717, 1.165) is 0 Å². The van der Waals surface area contributed by atoms with E-state index in [9.17, 15) is 18.8 Å². The van der Waals surface area contributed by atoms with Crippen molar-refractivity contribution in [3.8, 4) is 0 Å². The maximum atomic E-state index is 11.2. The van der Waals surface area contributed by atoms with Gasteiger partial charge in [0, 0.05) is 51.5 Å². The van der Waals surface area contributed by atoms with Crippen molar-refractivity contribution in [3.05, 3.63) is 0 Å². The Morgan fingerprint density at radius 2 is 1.00 bits per heavy atom. The number of hydrogen-bond acceptors (Lipinski definition) is 12. The zero-order valence-corrected chi connectivity index (χ0v) is 31.5. The summed E-state index contributed by atoms with van der Waals surface area (Å²) < 4.78 is 79.7. The maximum Gasteiger partial charge on any atom is 0.504 e. The van der Waals surface area contributed by atoms with Crippen LogP contribution in [0.15, 0.2) is 0 Å². The summed E-state index contributed by atoms with van der Waals surface area (Å²) in [7, 11) is -23.0. The van der Waals surface area contributed by atoms with Crippen LogP contribution in [0.3, 0.4) is 0 Å². The molecule has 0 saturated heterocycles. The summed E-state index contributed by atoms with van der Waals surface area (Å²) in [5.41, 5.74) is 0. The molecule has 0 radical (unpaired) electrons. The second-order valence-corrected chi connectivity index (χ2v) is 20.7. The molecule has 0 aliphatic heterocycles. The van der Waals surface area contributed by atoms with Crippen LogP contribution in [0.1, 0.15) is 40.0 Å². The normalized spacial score (nSPS) is 16.4. The van der Waals surface area contributed by atoms with Crippen LogP contribution in [-0.2, 0) is 49.1 Å². The molecule has 0 fully saturated rings. The number of hydrogen-bond donors (Lipinski definition) is 10. The van der Waals surface area contributed by atoms with E-state index in [4.69, 9.17) is 64.8 Å². The summed E-state index contributed by atoms with van der Waals surface area (Å²) in [6, 6.07) is 0.501. The molecular weight excluding hydrogens is 723 g/mol. The van der Waals surface area contributed by atoms with Crippen LogP contribution in [-0.4, -0.2) is 121 Å². The topological polar surface area (TPSA) is 303 Å². The minimum Gasteiger partial charge on any atom is -0.397 e. The predicted molar refractivity (Wildman–Crippen MR) is 164 cm³/mol. The smallest absolute Gasteiger partial charge is 0.397 e. The van der Waals surface area contributed by atoms with Gasteiger partial charge in [-0.1, -0.05) is 0 Å². The minimum atomic E-state index is -4.49. The van der Waals surface area contributed by atoms with E-state index in [2.05, 4.69) is 15.3 Å². The molecule has 27 heteroatoms. The second-order valence-electron chi connectivity index (χ2n) is 8.93. The highest BCUT2D eigenvalue weighted by molar-refractivity contribution is 7.50. The highest BCUT2D eigenvalue weighted by atomic mass is 31.2. The quantitative estimate of drug-likeness (QED) is 0.0181. The first-order valence-electron chi connectivity index (χ1n) is 14.0. The first kappa shape index (κ1) is 45.6. The lowest BCUT2D eigenvalue weighted by atomic mass is 10.5. The van der Waals surface area contributed by atoms with Gasteiger partial charge < -0.3 is 69.9 Å². The number of rotatable bonds is 31. The van der Waals surface area contributed by atoms with Crippen molar-refractivity contribution in [2.24, 2.45) is 0 Å². The van der Waals surface area contributed by atoms with Crippen molar-refractivity contribution < 1.29 is 83.6 Å². The molecule has 21 nitrogen and oxygen atoms in total. The van der Waals surface area contributed by atoms with Gasteiger partial charge in [0.2, 0.25) is 0 Å². The molecule has 3 unspecified atom stereocenters. The van der Waals surface area contributed by atoms with Crippen molar-refractivity contribution in [3.63, 3.8) is 0 Å². The predicted octanol–water partition coefficient (Wildman–Crippen LogP) is -0.641. The standard InChI is InChI=1S/C18H50N3O18P3Si3/c1-4-32-43(13-7-10-19-40(23,24)25)33-17-37-45(35-6-3,15-9-12-21-42(29,30)31)39-18-38-44(34-5-2,36-16-22)14-8-11-20-41(26,27)28/h22,43H,4-18H2,1-3H3,(H3,19,23,24,25)(H3,20,26,27,28)(H3,21,29,30,31). The lowest BCUT2D eigenvalue weighted by Crippen LogP contribution is -2.51. The fraction of sp³-hybridized carbons (Fsp3) is 1.00. The van der Waals surface area contributed by atoms with Crippen molar-refractivity contribution in [2.45, 2.75) is 58.2 Å². The molecule has 0 aromatic heterocycles. The Bertz CT molecular complexity index is 912. The highest BCUT2D eigenvalue weighted by Gasteiger charge is 2.45. The van der Waals surface area contributed by atoms with Gasteiger partial charge in [0.05, 0.1) is 0 Å². The van der Waals surface area contributed by atoms with E-state index in [-0.39, 0.29) is 64.6 Å². The Labute approximate surface area is 266 Å². The highest BCUT2D eigenvalue weighted by Crippen LogP contribution is 2.30. The largest absolute Gasteiger partial charge is 0.504 e. The van der Waals surface area contributed by atoms with E-state index in [1.165, 1.54) is 0 Å². The van der Waals surface area contributed by atoms with E-state index in [1.807, 2.05) is 0 Å². The molecule has 0 aromatic carbocycles. The molecule has 0 aliphatic carbocycles. The molecule has 0 heterocycles. The minimum absolute atomic E-state index is 0.0342. The molecule has 0 aromatic rings. The first-order valence-corrected chi connectivity index (χ1v) is 24.5. The molecule has 45 heavy (non-hydrogen) atoms. The third-order valence-corrected chi connectivity index (χ3v) is 15.0. The van der Waals surface area contributed by atoms with Crippen molar-refractivity contribution in [1.29, 1.82) is 0 Å². The van der Waals surface area contributed by atoms with Crippen LogP contribution in [0.2, 0.25) is 18.1 Å². The van der Waals surface area contributed by atoms with Crippen LogP contribution in [0, 0.1) is 0 Å². The monoisotopic (exact) mass is 773 g/mol. The number of aliphatic hydroxyl groups is 1. The lowest BCUT2D eigenvalue weighted by molar-refractivity contribution is -0.0640. The van der Waals surface area contributed by atoms with Gasteiger partial charge in [0.15, 0.2) is 0 Å². The molecule has 272 valence electrons. The second kappa shape index (κ2) is 23.9. The lowest BCUT2D eigenvalue weighted by Gasteiger charge is -2.33. The molecule has 3 atom stereocenters. The van der Waals surface area contributed by atoms with Gasteiger partial charge in [-0.2, -0.15) is 0 Å². The average molecular weight is 774 g/mol. The summed E-state index contributed by atoms with van der Waals surface area (Å²) in [4.78, 5) is 54.2. The van der Waals surface area contributed by atoms with Crippen molar-refractivity contribution in [2.75, 3.05) is 59.8 Å². The van der Waals surface area contributed by atoms with E-state index >= 15 is 0 Å². The zero-order valence-electron chi connectivity index (χ0n) is 25.6. The van der Waals surface area contributed by atoms with Gasteiger partial charge in [-0.15, -0.1) is 0 Å². The summed E-state index contributed by atoms with van der Waals surface area (Å²) >= 11 is 0. The SMILES string of the molecule is CCO[SiH](CCCNP(=O)(O)O)OCO[Si](CCCNP(=O)(O)O)(OCC)OCO[Si](CCCNP(=O)(O)O)(OCC)OCO. The van der Waals surface area contributed by atoms with Gasteiger partial charge in [0.25, 0.3) is 0 Å². The van der Waals surface area contributed by atoms with Gasteiger partial charge >= 0.3 is 50.1 Å². The molecule has 0 rings (SSSR count). The van der Waals surface area contributed by atoms with E-state index in [0.29, 0.717) is 19.1 Å². The van der Waals surface area contributed by atoms with Crippen LogP contribution < -0.4 is 15.3 Å². The maximum absolute atomic E-state index is 11.2. The fourth-order valence-electron chi connectivity index (χ4n) is 3.58. The molecule has 0 aliphatic rings. The Balaban J connectivity index is 5.62. The van der Waals surface area contributed by atoms with Gasteiger partial charge in [-0.3, -0.25) is 0 Å². The molecular formula is C18H50N3O18P3Si3. The molecule has 0 spiro atoms. The average Bonchev–Trinajstić information content (AvgIpc) is 2.90. The Morgan fingerprint density at radius 1 is 0.578 bits per heavy atom. The Kier molecular flexibility index (Phi) is 24.2. The van der Waals surface area contributed by atoms with Gasteiger partial charge in [-0.05, 0) is 46.1 Å².